The summed E-state index contributed by atoms with van der Waals surface area (Å²) in [6.45, 7) is 0.00733. The smallest absolute Gasteiger partial charge is 0.308 e. The minimum absolute atomic E-state index is 0.0162. The zero-order chi connectivity index (χ0) is 21.1. The Morgan fingerprint density at radius 2 is 1.70 bits per heavy atom. The number of likely N-dealkylation sites (tertiary alicyclic amines) is 1. The van der Waals surface area contributed by atoms with E-state index in [2.05, 4.69) is 5.10 Å². The quantitative estimate of drug-likeness (QED) is 0.403. The van der Waals surface area contributed by atoms with E-state index in [1.54, 1.807) is 0 Å². The number of hydrogen-bond donors (Lipinski definition) is 0. The molecule has 8 nitrogen and oxygen atoms in total. The van der Waals surface area contributed by atoms with Crippen molar-refractivity contribution < 1.29 is 23.9 Å². The van der Waals surface area contributed by atoms with Gasteiger partial charge in [0.05, 0.1) is 30.5 Å². The molecular formula is C22H23N3O5. The molecule has 0 bridgehead atoms. The second kappa shape index (κ2) is 8.61. The second-order valence-electron chi connectivity index (χ2n) is 7.57. The van der Waals surface area contributed by atoms with E-state index in [1.807, 2.05) is 42.5 Å². The molecule has 0 saturated carbocycles. The molecule has 0 aromatic heterocycles. The summed E-state index contributed by atoms with van der Waals surface area (Å²) in [5.74, 6) is -2.10. The molecule has 30 heavy (non-hydrogen) atoms. The summed E-state index contributed by atoms with van der Waals surface area (Å²) in [5.41, 5.74) is 1.78. The number of fused-ring (bicyclic) bond motifs is 1. The monoisotopic (exact) mass is 409 g/mol. The number of imide groups is 1. The van der Waals surface area contributed by atoms with Crippen LogP contribution in [0.3, 0.4) is 0 Å². The average molecular weight is 409 g/mol. The Hall–Kier alpha value is -3.29. The van der Waals surface area contributed by atoms with Crippen molar-refractivity contribution in [1.82, 2.24) is 9.91 Å². The summed E-state index contributed by atoms with van der Waals surface area (Å²) in [7, 11) is 0. The lowest BCUT2D eigenvalue weighted by molar-refractivity contribution is -0.152. The number of hydrazone groups is 1. The number of amides is 3. The van der Waals surface area contributed by atoms with Gasteiger partial charge in [-0.15, -0.1) is 0 Å². The third-order valence-corrected chi connectivity index (χ3v) is 5.69. The molecule has 1 aromatic rings. The van der Waals surface area contributed by atoms with Gasteiger partial charge in [-0.2, -0.15) is 5.10 Å². The summed E-state index contributed by atoms with van der Waals surface area (Å²) in [6.07, 6.45) is 5.47. The van der Waals surface area contributed by atoms with E-state index in [0.717, 1.165) is 16.2 Å². The first-order valence-electron chi connectivity index (χ1n) is 10.1. The van der Waals surface area contributed by atoms with Gasteiger partial charge in [0, 0.05) is 13.0 Å². The highest BCUT2D eigenvalue weighted by Crippen LogP contribution is 2.35. The molecule has 1 saturated heterocycles. The van der Waals surface area contributed by atoms with Crippen LogP contribution in [0.2, 0.25) is 0 Å². The van der Waals surface area contributed by atoms with Gasteiger partial charge in [-0.1, -0.05) is 42.5 Å². The highest BCUT2D eigenvalue weighted by molar-refractivity contribution is 6.05. The summed E-state index contributed by atoms with van der Waals surface area (Å²) in [4.78, 5) is 50.3. The molecule has 0 unspecified atom stereocenters. The van der Waals surface area contributed by atoms with Crippen LogP contribution in [0, 0.1) is 11.8 Å². The molecule has 156 valence electrons. The van der Waals surface area contributed by atoms with Gasteiger partial charge in [0.15, 0.2) is 6.61 Å². The van der Waals surface area contributed by atoms with Crippen molar-refractivity contribution in [3.05, 3.63) is 48.0 Å². The number of carbonyl (C=O) groups excluding carboxylic acids is 4. The van der Waals surface area contributed by atoms with Crippen molar-refractivity contribution in [2.45, 2.75) is 25.7 Å². The average Bonchev–Trinajstić information content (AvgIpc) is 3.36. The van der Waals surface area contributed by atoms with E-state index >= 15 is 0 Å². The van der Waals surface area contributed by atoms with Gasteiger partial charge < -0.3 is 4.74 Å². The largest absolute Gasteiger partial charge is 0.455 e. The van der Waals surface area contributed by atoms with Gasteiger partial charge in [0.1, 0.15) is 0 Å². The van der Waals surface area contributed by atoms with Crippen molar-refractivity contribution in [3.63, 3.8) is 0 Å². The molecule has 4 rings (SSSR count). The Bertz CT molecular complexity index is 898. The van der Waals surface area contributed by atoms with Gasteiger partial charge >= 0.3 is 5.97 Å². The van der Waals surface area contributed by atoms with Crippen LogP contribution in [0.1, 0.15) is 31.2 Å². The van der Waals surface area contributed by atoms with Gasteiger partial charge in [0.2, 0.25) is 11.8 Å². The number of hydrogen-bond acceptors (Lipinski definition) is 6. The summed E-state index contributed by atoms with van der Waals surface area (Å²) in [6, 6.07) is 9.59. The van der Waals surface area contributed by atoms with Crippen LogP contribution >= 0.6 is 0 Å². The van der Waals surface area contributed by atoms with Crippen molar-refractivity contribution in [3.8, 4) is 0 Å². The number of nitrogens with zero attached hydrogens (tertiary/aromatic N) is 3. The predicted molar refractivity (Wildman–Crippen MR) is 107 cm³/mol. The van der Waals surface area contributed by atoms with Gasteiger partial charge in [-0.25, -0.2) is 5.01 Å². The lowest BCUT2D eigenvalue weighted by Gasteiger charge is -2.15. The molecule has 3 amide bonds. The number of benzene rings is 1. The maximum Gasteiger partial charge on any atom is 0.308 e. The molecule has 2 aliphatic heterocycles. The van der Waals surface area contributed by atoms with E-state index in [1.165, 1.54) is 5.01 Å². The first-order chi connectivity index (χ1) is 14.5. The molecular weight excluding hydrogens is 386 g/mol. The fourth-order valence-electron chi connectivity index (χ4n) is 4.05. The molecule has 1 aromatic carbocycles. The standard InChI is InChI=1S/C22H23N3O5/c26-19(25-13-10-18(23-25)15-6-2-1-3-7-15)14-30-20(27)11-12-24-21(28)16-8-4-5-9-17(16)22(24)29/h1-7,16-17H,8-14H2/t16-,17+. The Morgan fingerprint density at radius 3 is 2.37 bits per heavy atom. The van der Waals surface area contributed by atoms with Crippen molar-refractivity contribution in [2.75, 3.05) is 19.7 Å². The summed E-state index contributed by atoms with van der Waals surface area (Å²) >= 11 is 0. The first-order valence-corrected chi connectivity index (χ1v) is 10.1. The molecule has 2 heterocycles. The first kappa shape index (κ1) is 20.0. The Kier molecular flexibility index (Phi) is 5.74. The fraction of sp³-hybridized carbons (Fsp3) is 0.409. The Morgan fingerprint density at radius 1 is 1.03 bits per heavy atom. The minimum atomic E-state index is -0.622. The molecule has 0 spiro atoms. The van der Waals surface area contributed by atoms with E-state index in [-0.39, 0.29) is 36.6 Å². The van der Waals surface area contributed by atoms with Gasteiger partial charge in [-0.05, 0) is 18.4 Å². The zero-order valence-corrected chi connectivity index (χ0v) is 16.5. The fourth-order valence-corrected chi connectivity index (χ4v) is 4.05. The molecule has 2 atom stereocenters. The second-order valence-corrected chi connectivity index (χ2v) is 7.57. The highest BCUT2D eigenvalue weighted by atomic mass is 16.5. The molecule has 3 aliphatic rings. The van der Waals surface area contributed by atoms with Crippen LogP contribution in [0.25, 0.3) is 0 Å². The molecule has 0 N–H and O–H groups in total. The lowest BCUT2D eigenvalue weighted by Crippen LogP contribution is -2.34. The van der Waals surface area contributed by atoms with Crippen LogP contribution in [0.5, 0.6) is 0 Å². The number of carbonyl (C=O) groups is 4. The van der Waals surface area contributed by atoms with E-state index in [0.29, 0.717) is 25.8 Å². The van der Waals surface area contributed by atoms with Crippen LogP contribution < -0.4 is 0 Å². The summed E-state index contributed by atoms with van der Waals surface area (Å²) < 4.78 is 5.05. The molecule has 1 fully saturated rings. The van der Waals surface area contributed by atoms with E-state index < -0.39 is 18.5 Å². The van der Waals surface area contributed by atoms with E-state index in [9.17, 15) is 19.2 Å². The van der Waals surface area contributed by atoms with Crippen molar-refractivity contribution in [1.29, 1.82) is 0 Å². The summed E-state index contributed by atoms with van der Waals surface area (Å²) in [5, 5.41) is 5.62. The maximum absolute atomic E-state index is 12.4. The number of rotatable bonds is 6. The normalized spacial score (nSPS) is 22.9. The molecule has 1 aliphatic carbocycles. The number of ether oxygens (including phenoxy) is 1. The van der Waals surface area contributed by atoms with Gasteiger partial charge in [0.25, 0.3) is 5.91 Å². The third kappa shape index (κ3) is 4.03. The van der Waals surface area contributed by atoms with Gasteiger partial charge in [-0.3, -0.25) is 24.1 Å². The highest BCUT2D eigenvalue weighted by Gasteiger charge is 2.46. The SMILES string of the molecule is O=C(CCN1C(=O)[C@H]2CC=CC[C@H]2C1=O)OCC(=O)N1CCC(c2ccccc2)=N1. The topological polar surface area (TPSA) is 96.3 Å². The minimum Gasteiger partial charge on any atom is -0.455 e. The zero-order valence-electron chi connectivity index (χ0n) is 16.5. The van der Waals surface area contributed by atoms with Crippen LogP contribution in [0.4, 0.5) is 0 Å². The Balaban J connectivity index is 1.24. The number of allylic oxidation sites excluding steroid dienone is 2. The third-order valence-electron chi connectivity index (χ3n) is 5.69. The number of esters is 1. The van der Waals surface area contributed by atoms with Crippen LogP contribution in [-0.2, 0) is 23.9 Å². The Labute approximate surface area is 174 Å². The molecule has 0 radical (unpaired) electrons. The predicted octanol–water partition coefficient (Wildman–Crippen LogP) is 1.51. The maximum atomic E-state index is 12.4. The van der Waals surface area contributed by atoms with Crippen molar-refractivity contribution >= 4 is 29.4 Å². The van der Waals surface area contributed by atoms with Crippen LogP contribution in [0.15, 0.2) is 47.6 Å². The van der Waals surface area contributed by atoms with Crippen LogP contribution in [-0.4, -0.2) is 59.0 Å². The van der Waals surface area contributed by atoms with Crippen molar-refractivity contribution in [2.24, 2.45) is 16.9 Å². The lowest BCUT2D eigenvalue weighted by atomic mass is 9.85. The van der Waals surface area contributed by atoms with E-state index in [4.69, 9.17) is 4.74 Å². The molecule has 8 heteroatoms.